The van der Waals surface area contributed by atoms with E-state index in [-0.39, 0.29) is 5.91 Å². The summed E-state index contributed by atoms with van der Waals surface area (Å²) in [5.74, 6) is 1.51. The minimum atomic E-state index is -0.519. The maximum absolute atomic E-state index is 12.6. The number of hydrogen-bond donors (Lipinski definition) is 1. The van der Waals surface area contributed by atoms with Crippen LogP contribution in [-0.2, 0) is 11.3 Å². The van der Waals surface area contributed by atoms with Crippen molar-refractivity contribution in [2.75, 3.05) is 0 Å². The number of aryl methyl sites for hydroxylation is 2. The number of hydrogen-bond acceptors (Lipinski definition) is 3. The molecule has 0 radical (unpaired) electrons. The van der Waals surface area contributed by atoms with Crippen molar-refractivity contribution in [3.8, 4) is 11.4 Å². The van der Waals surface area contributed by atoms with Crippen LogP contribution in [0.2, 0.25) is 0 Å². The summed E-state index contributed by atoms with van der Waals surface area (Å²) in [6.45, 7) is 6.34. The van der Waals surface area contributed by atoms with Crippen LogP contribution >= 0.6 is 0 Å². The number of benzene rings is 2. The number of carbonyl (C=O) groups excluding carboxylic acids is 1. The SMILES string of the molecule is CC[C@H](Oc1cccc(C)c1)C(=O)NCc1ccccc1-n1ccnc1C. The lowest BCUT2D eigenvalue weighted by Crippen LogP contribution is -2.37. The quantitative estimate of drug-likeness (QED) is 0.691. The molecule has 0 aliphatic carbocycles. The Labute approximate surface area is 160 Å². The maximum atomic E-state index is 12.6. The van der Waals surface area contributed by atoms with Gasteiger partial charge in [0, 0.05) is 18.9 Å². The Morgan fingerprint density at radius 2 is 2.00 bits per heavy atom. The van der Waals surface area contributed by atoms with Crippen LogP contribution in [0.4, 0.5) is 0 Å². The van der Waals surface area contributed by atoms with E-state index in [0.29, 0.717) is 18.7 Å². The molecule has 27 heavy (non-hydrogen) atoms. The van der Waals surface area contributed by atoms with Gasteiger partial charge in [0.15, 0.2) is 6.10 Å². The highest BCUT2D eigenvalue weighted by Crippen LogP contribution is 2.17. The highest BCUT2D eigenvalue weighted by atomic mass is 16.5. The fourth-order valence-corrected chi connectivity index (χ4v) is 3.00. The highest BCUT2D eigenvalue weighted by molar-refractivity contribution is 5.81. The molecule has 0 aliphatic rings. The summed E-state index contributed by atoms with van der Waals surface area (Å²) in [5.41, 5.74) is 3.14. The molecule has 5 nitrogen and oxygen atoms in total. The third-order valence-electron chi connectivity index (χ3n) is 4.46. The summed E-state index contributed by atoms with van der Waals surface area (Å²) in [6.07, 6.45) is 3.77. The lowest BCUT2D eigenvalue weighted by molar-refractivity contribution is -0.128. The van der Waals surface area contributed by atoms with Crippen molar-refractivity contribution in [3.63, 3.8) is 0 Å². The molecule has 1 N–H and O–H groups in total. The van der Waals surface area contributed by atoms with E-state index >= 15 is 0 Å². The molecule has 2 aromatic carbocycles. The Balaban J connectivity index is 1.69. The largest absolute Gasteiger partial charge is 0.481 e. The van der Waals surface area contributed by atoms with Gasteiger partial charge in [0.05, 0.1) is 5.69 Å². The third kappa shape index (κ3) is 4.56. The minimum Gasteiger partial charge on any atom is -0.481 e. The molecule has 3 rings (SSSR count). The number of para-hydroxylation sites is 1. The topological polar surface area (TPSA) is 56.1 Å². The van der Waals surface area contributed by atoms with Gasteiger partial charge < -0.3 is 14.6 Å². The monoisotopic (exact) mass is 363 g/mol. The van der Waals surface area contributed by atoms with E-state index in [1.807, 2.05) is 80.1 Å². The van der Waals surface area contributed by atoms with Gasteiger partial charge in [-0.15, -0.1) is 0 Å². The van der Waals surface area contributed by atoms with Crippen LogP contribution in [0, 0.1) is 13.8 Å². The molecular formula is C22H25N3O2. The summed E-state index contributed by atoms with van der Waals surface area (Å²) in [7, 11) is 0. The molecule has 0 unspecified atom stereocenters. The van der Waals surface area contributed by atoms with Crippen LogP contribution in [0.5, 0.6) is 5.75 Å². The van der Waals surface area contributed by atoms with Crippen LogP contribution in [0.15, 0.2) is 60.9 Å². The second kappa shape index (κ2) is 8.54. The molecule has 5 heteroatoms. The Kier molecular flexibility index (Phi) is 5.91. The number of nitrogens with one attached hydrogen (secondary N) is 1. The normalized spacial score (nSPS) is 11.8. The summed E-state index contributed by atoms with van der Waals surface area (Å²) >= 11 is 0. The number of ether oxygens (including phenoxy) is 1. The van der Waals surface area contributed by atoms with Crippen molar-refractivity contribution in [2.45, 2.75) is 39.8 Å². The number of aromatic nitrogens is 2. The number of carbonyl (C=O) groups is 1. The van der Waals surface area contributed by atoms with Gasteiger partial charge in [-0.25, -0.2) is 4.98 Å². The van der Waals surface area contributed by atoms with Crippen LogP contribution in [0.1, 0.15) is 30.3 Å². The van der Waals surface area contributed by atoms with Crippen LogP contribution in [0.3, 0.4) is 0 Å². The molecule has 1 atom stereocenters. The van der Waals surface area contributed by atoms with E-state index in [2.05, 4.69) is 10.3 Å². The van der Waals surface area contributed by atoms with Gasteiger partial charge in [-0.3, -0.25) is 4.79 Å². The molecule has 0 saturated heterocycles. The zero-order chi connectivity index (χ0) is 19.2. The average Bonchev–Trinajstić information content (AvgIpc) is 3.10. The van der Waals surface area contributed by atoms with Gasteiger partial charge in [0.1, 0.15) is 11.6 Å². The number of nitrogens with zero attached hydrogens (tertiary/aromatic N) is 2. The molecule has 140 valence electrons. The fraction of sp³-hybridized carbons (Fsp3) is 0.273. The van der Waals surface area contributed by atoms with Crippen LogP contribution < -0.4 is 10.1 Å². The van der Waals surface area contributed by atoms with Gasteiger partial charge in [0.25, 0.3) is 5.91 Å². The maximum Gasteiger partial charge on any atom is 0.261 e. The molecule has 1 aromatic heterocycles. The van der Waals surface area contributed by atoms with Crippen molar-refractivity contribution in [1.82, 2.24) is 14.9 Å². The van der Waals surface area contributed by atoms with Crippen molar-refractivity contribution in [3.05, 3.63) is 77.9 Å². The first-order chi connectivity index (χ1) is 13.1. The first-order valence-corrected chi connectivity index (χ1v) is 9.17. The van der Waals surface area contributed by atoms with Crippen molar-refractivity contribution >= 4 is 5.91 Å². The zero-order valence-corrected chi connectivity index (χ0v) is 16.0. The Morgan fingerprint density at radius 1 is 1.19 bits per heavy atom. The molecule has 0 bridgehead atoms. The minimum absolute atomic E-state index is 0.115. The third-order valence-corrected chi connectivity index (χ3v) is 4.46. The molecule has 1 amide bonds. The van der Waals surface area contributed by atoms with Crippen molar-refractivity contribution in [1.29, 1.82) is 0 Å². The molecule has 0 aliphatic heterocycles. The molecule has 3 aromatic rings. The van der Waals surface area contributed by atoms with Crippen LogP contribution in [-0.4, -0.2) is 21.6 Å². The fourth-order valence-electron chi connectivity index (χ4n) is 3.00. The highest BCUT2D eigenvalue weighted by Gasteiger charge is 2.18. The molecule has 0 fully saturated rings. The summed E-state index contributed by atoms with van der Waals surface area (Å²) < 4.78 is 7.90. The second-order valence-corrected chi connectivity index (χ2v) is 6.52. The van der Waals surface area contributed by atoms with Gasteiger partial charge in [-0.05, 0) is 49.6 Å². The van der Waals surface area contributed by atoms with E-state index < -0.39 is 6.10 Å². The Bertz CT molecular complexity index is 917. The molecule has 1 heterocycles. The predicted octanol–water partition coefficient (Wildman–Crippen LogP) is 3.96. The van der Waals surface area contributed by atoms with Gasteiger partial charge >= 0.3 is 0 Å². The van der Waals surface area contributed by atoms with E-state index in [0.717, 1.165) is 22.6 Å². The smallest absolute Gasteiger partial charge is 0.261 e. The van der Waals surface area contributed by atoms with Crippen molar-refractivity contribution in [2.24, 2.45) is 0 Å². The Morgan fingerprint density at radius 3 is 2.70 bits per heavy atom. The summed E-state index contributed by atoms with van der Waals surface area (Å²) in [6, 6.07) is 15.7. The van der Waals surface area contributed by atoms with E-state index in [9.17, 15) is 4.79 Å². The van der Waals surface area contributed by atoms with E-state index in [1.54, 1.807) is 6.20 Å². The van der Waals surface area contributed by atoms with E-state index in [1.165, 1.54) is 0 Å². The number of rotatable bonds is 7. The predicted molar refractivity (Wildman–Crippen MR) is 106 cm³/mol. The first-order valence-electron chi connectivity index (χ1n) is 9.17. The summed E-state index contributed by atoms with van der Waals surface area (Å²) in [4.78, 5) is 16.9. The molecular weight excluding hydrogens is 338 g/mol. The van der Waals surface area contributed by atoms with Crippen molar-refractivity contribution < 1.29 is 9.53 Å². The van der Waals surface area contributed by atoms with Gasteiger partial charge in [0.2, 0.25) is 0 Å². The van der Waals surface area contributed by atoms with E-state index in [4.69, 9.17) is 4.74 Å². The molecule has 0 spiro atoms. The van der Waals surface area contributed by atoms with Crippen LogP contribution in [0.25, 0.3) is 5.69 Å². The van der Waals surface area contributed by atoms with Gasteiger partial charge in [-0.1, -0.05) is 37.3 Å². The second-order valence-electron chi connectivity index (χ2n) is 6.52. The average molecular weight is 363 g/mol. The number of amides is 1. The van der Waals surface area contributed by atoms with Gasteiger partial charge in [-0.2, -0.15) is 0 Å². The lowest BCUT2D eigenvalue weighted by atomic mass is 10.1. The molecule has 0 saturated carbocycles. The summed E-state index contributed by atoms with van der Waals surface area (Å²) in [5, 5.41) is 3.01. The number of imidazole rings is 1. The lowest BCUT2D eigenvalue weighted by Gasteiger charge is -2.18. The Hall–Kier alpha value is -3.08. The standard InChI is InChI=1S/C22H25N3O2/c1-4-21(27-19-10-7-8-16(2)14-19)22(26)24-15-18-9-5-6-11-20(18)25-13-12-23-17(25)3/h5-14,21H,4,15H2,1-3H3,(H,24,26)/t21-/m0/s1. The zero-order valence-electron chi connectivity index (χ0n) is 16.0. The first kappa shape index (κ1) is 18.7.